The molecule has 1 aliphatic carbocycles. The summed E-state index contributed by atoms with van der Waals surface area (Å²) in [5.41, 5.74) is 0.0893. The Labute approximate surface area is 95.0 Å². The summed E-state index contributed by atoms with van der Waals surface area (Å²) in [6.07, 6.45) is 6.41. The summed E-state index contributed by atoms with van der Waals surface area (Å²) in [6.45, 7) is 2.92. The molecular weight excluding hydrogens is 212 g/mol. The molecular formula is C11H17ClN2O. The third-order valence-corrected chi connectivity index (χ3v) is 3.38. The normalized spacial score (nSPS) is 19.7. The van der Waals surface area contributed by atoms with Crippen molar-refractivity contribution in [3.05, 3.63) is 16.9 Å². The molecule has 4 heteroatoms. The number of rotatable bonds is 3. The first-order chi connectivity index (χ1) is 7.17. The molecule has 15 heavy (non-hydrogen) atoms. The van der Waals surface area contributed by atoms with E-state index in [1.807, 2.05) is 4.68 Å². The minimum Gasteiger partial charge on any atom is -0.384 e. The maximum atomic E-state index is 10.5. The highest BCUT2D eigenvalue weighted by atomic mass is 35.5. The Kier molecular flexibility index (Phi) is 3.03. The van der Waals surface area contributed by atoms with Crippen LogP contribution in [0.2, 0.25) is 5.02 Å². The average molecular weight is 229 g/mol. The van der Waals surface area contributed by atoms with Crippen LogP contribution in [0.25, 0.3) is 0 Å². The Morgan fingerprint density at radius 3 is 2.80 bits per heavy atom. The second-order valence-electron chi connectivity index (χ2n) is 4.30. The molecule has 0 aromatic carbocycles. The van der Waals surface area contributed by atoms with Gasteiger partial charge in [0.2, 0.25) is 0 Å². The Balaban J connectivity index is 2.36. The number of hydrogen-bond donors (Lipinski definition) is 1. The van der Waals surface area contributed by atoms with Crippen molar-refractivity contribution in [2.24, 2.45) is 0 Å². The monoisotopic (exact) mass is 228 g/mol. The van der Waals surface area contributed by atoms with Gasteiger partial charge in [0.1, 0.15) is 5.60 Å². The molecule has 1 heterocycles. The number of hydrogen-bond acceptors (Lipinski definition) is 2. The number of nitrogens with zero attached hydrogens (tertiary/aromatic N) is 2. The summed E-state index contributed by atoms with van der Waals surface area (Å²) in [4.78, 5) is 0. The molecule has 0 atom stereocenters. The van der Waals surface area contributed by atoms with Gasteiger partial charge >= 0.3 is 0 Å². The van der Waals surface area contributed by atoms with Crippen LogP contribution in [0.15, 0.2) is 6.20 Å². The molecule has 1 aliphatic rings. The number of aryl methyl sites for hydroxylation is 1. The Bertz CT molecular complexity index is 342. The highest BCUT2D eigenvalue weighted by Gasteiger charge is 2.37. The smallest absolute Gasteiger partial charge is 0.108 e. The van der Waals surface area contributed by atoms with Gasteiger partial charge in [0.25, 0.3) is 0 Å². The molecule has 1 aromatic rings. The van der Waals surface area contributed by atoms with E-state index in [9.17, 15) is 5.11 Å². The first kappa shape index (κ1) is 11.0. The fourth-order valence-electron chi connectivity index (χ4n) is 2.40. The second-order valence-corrected chi connectivity index (χ2v) is 4.71. The summed E-state index contributed by atoms with van der Waals surface area (Å²) >= 11 is 6.11. The Morgan fingerprint density at radius 2 is 2.20 bits per heavy atom. The molecule has 0 saturated heterocycles. The van der Waals surface area contributed by atoms with Gasteiger partial charge < -0.3 is 5.11 Å². The van der Waals surface area contributed by atoms with Crippen molar-refractivity contribution >= 4 is 11.6 Å². The van der Waals surface area contributed by atoms with Crippen LogP contribution < -0.4 is 0 Å². The van der Waals surface area contributed by atoms with Crippen molar-refractivity contribution in [2.45, 2.75) is 51.2 Å². The van der Waals surface area contributed by atoms with Crippen LogP contribution in [0, 0.1) is 0 Å². The molecule has 0 unspecified atom stereocenters. The number of aromatic nitrogens is 2. The molecule has 1 saturated carbocycles. The molecule has 0 aliphatic heterocycles. The van der Waals surface area contributed by atoms with Gasteiger partial charge in [-0.3, -0.25) is 4.68 Å². The van der Waals surface area contributed by atoms with Crippen LogP contribution in [0.3, 0.4) is 0 Å². The molecule has 0 amide bonds. The quantitative estimate of drug-likeness (QED) is 0.864. The van der Waals surface area contributed by atoms with E-state index in [2.05, 4.69) is 12.0 Å². The van der Waals surface area contributed by atoms with E-state index in [4.69, 9.17) is 11.6 Å². The van der Waals surface area contributed by atoms with E-state index in [0.717, 1.165) is 44.3 Å². The zero-order valence-corrected chi connectivity index (χ0v) is 9.80. The molecule has 0 radical (unpaired) electrons. The Hall–Kier alpha value is -0.540. The summed E-state index contributed by atoms with van der Waals surface area (Å²) in [5.74, 6) is 0. The molecule has 1 N–H and O–H groups in total. The van der Waals surface area contributed by atoms with Gasteiger partial charge in [-0.1, -0.05) is 31.4 Å². The van der Waals surface area contributed by atoms with Crippen molar-refractivity contribution in [3.63, 3.8) is 0 Å². The predicted octanol–water partition coefficient (Wildman–Crippen LogP) is 2.71. The zero-order chi connectivity index (χ0) is 10.9. The lowest BCUT2D eigenvalue weighted by atomic mass is 9.98. The summed E-state index contributed by atoms with van der Waals surface area (Å²) in [6, 6.07) is 0. The fourth-order valence-corrected chi connectivity index (χ4v) is 2.72. The van der Waals surface area contributed by atoms with Crippen molar-refractivity contribution in [2.75, 3.05) is 0 Å². The van der Waals surface area contributed by atoms with Gasteiger partial charge in [-0.2, -0.15) is 5.10 Å². The Morgan fingerprint density at radius 1 is 1.53 bits per heavy atom. The largest absolute Gasteiger partial charge is 0.384 e. The van der Waals surface area contributed by atoms with Gasteiger partial charge in [0, 0.05) is 6.54 Å². The first-order valence-electron chi connectivity index (χ1n) is 5.61. The SMILES string of the molecule is CCCn1ncc(Cl)c1C1(O)CCCC1. The van der Waals surface area contributed by atoms with Crippen molar-refractivity contribution < 1.29 is 5.11 Å². The second kappa shape index (κ2) is 4.14. The fraction of sp³-hybridized carbons (Fsp3) is 0.727. The predicted molar refractivity (Wildman–Crippen MR) is 59.9 cm³/mol. The number of halogens is 1. The topological polar surface area (TPSA) is 38.0 Å². The minimum absolute atomic E-state index is 0.604. The molecule has 1 aromatic heterocycles. The lowest BCUT2D eigenvalue weighted by Gasteiger charge is -2.23. The highest BCUT2D eigenvalue weighted by Crippen LogP contribution is 2.41. The standard InChI is InChI=1S/C11H17ClN2O/c1-2-7-14-10(9(12)8-13-14)11(15)5-3-4-6-11/h8,15H,2-7H2,1H3. The van der Waals surface area contributed by atoms with Gasteiger partial charge in [-0.05, 0) is 19.3 Å². The van der Waals surface area contributed by atoms with Gasteiger partial charge in [-0.25, -0.2) is 0 Å². The van der Waals surface area contributed by atoms with Crippen LogP contribution in [-0.2, 0) is 12.1 Å². The average Bonchev–Trinajstić information content (AvgIpc) is 2.75. The zero-order valence-electron chi connectivity index (χ0n) is 9.04. The first-order valence-corrected chi connectivity index (χ1v) is 5.99. The molecule has 0 spiro atoms. The van der Waals surface area contributed by atoms with E-state index in [-0.39, 0.29) is 0 Å². The van der Waals surface area contributed by atoms with Crippen LogP contribution >= 0.6 is 11.6 Å². The van der Waals surface area contributed by atoms with E-state index >= 15 is 0 Å². The van der Waals surface area contributed by atoms with E-state index < -0.39 is 5.60 Å². The third-order valence-electron chi connectivity index (χ3n) is 3.10. The lowest BCUT2D eigenvalue weighted by Crippen LogP contribution is -2.26. The lowest BCUT2D eigenvalue weighted by molar-refractivity contribution is 0.0350. The van der Waals surface area contributed by atoms with Gasteiger partial charge in [-0.15, -0.1) is 0 Å². The van der Waals surface area contributed by atoms with E-state index in [1.165, 1.54) is 0 Å². The van der Waals surface area contributed by atoms with Crippen LogP contribution in [0.4, 0.5) is 0 Å². The maximum Gasteiger partial charge on any atom is 0.108 e. The summed E-state index contributed by atoms with van der Waals surface area (Å²) in [5, 5.41) is 15.3. The maximum absolute atomic E-state index is 10.5. The van der Waals surface area contributed by atoms with Gasteiger partial charge in [0.05, 0.1) is 16.9 Å². The summed E-state index contributed by atoms with van der Waals surface area (Å²) in [7, 11) is 0. The molecule has 2 rings (SSSR count). The van der Waals surface area contributed by atoms with Crippen LogP contribution in [-0.4, -0.2) is 14.9 Å². The van der Waals surface area contributed by atoms with E-state index in [0.29, 0.717) is 5.02 Å². The third kappa shape index (κ3) is 1.91. The van der Waals surface area contributed by atoms with Crippen molar-refractivity contribution in [1.29, 1.82) is 0 Å². The van der Waals surface area contributed by atoms with E-state index in [1.54, 1.807) is 6.20 Å². The number of aliphatic hydroxyl groups is 1. The van der Waals surface area contributed by atoms with Crippen LogP contribution in [0.5, 0.6) is 0 Å². The molecule has 84 valence electrons. The van der Waals surface area contributed by atoms with Gasteiger partial charge in [0.15, 0.2) is 0 Å². The highest BCUT2D eigenvalue weighted by molar-refractivity contribution is 6.31. The van der Waals surface area contributed by atoms with Crippen molar-refractivity contribution in [1.82, 2.24) is 9.78 Å². The van der Waals surface area contributed by atoms with Crippen LogP contribution in [0.1, 0.15) is 44.7 Å². The van der Waals surface area contributed by atoms with Crippen molar-refractivity contribution in [3.8, 4) is 0 Å². The minimum atomic E-state index is -0.733. The molecule has 1 fully saturated rings. The molecule has 3 nitrogen and oxygen atoms in total. The molecule has 0 bridgehead atoms. The summed E-state index contributed by atoms with van der Waals surface area (Å²) < 4.78 is 1.85.